The molecule has 0 heterocycles. The van der Waals surface area contributed by atoms with E-state index in [1.54, 1.807) is 0 Å². The maximum atomic E-state index is 7.26. The van der Waals surface area contributed by atoms with Gasteiger partial charge in [-0.05, 0) is 22.8 Å². The van der Waals surface area contributed by atoms with Crippen molar-refractivity contribution in [1.82, 2.24) is 0 Å². The van der Waals surface area contributed by atoms with E-state index >= 15 is 0 Å². The Morgan fingerprint density at radius 1 is 0.542 bits per heavy atom. The molecule has 3 rings (SSSR count). The first kappa shape index (κ1) is 17.3. The fourth-order valence-corrected chi connectivity index (χ4v) is 5.43. The van der Waals surface area contributed by atoms with Crippen molar-refractivity contribution in [3.8, 4) is 12.1 Å². The van der Waals surface area contributed by atoms with Gasteiger partial charge in [-0.3, -0.25) is 0 Å². The summed E-state index contributed by atoms with van der Waals surface area (Å²) in [5.74, 6) is 0. The predicted molar refractivity (Wildman–Crippen MR) is 103 cm³/mol. The molecule has 0 N–H and O–H groups in total. The van der Waals surface area contributed by atoms with Gasteiger partial charge in [0.25, 0.3) is 0 Å². The summed E-state index contributed by atoms with van der Waals surface area (Å²) in [6, 6.07) is 34.4. The SMILES string of the molecule is C=P(c1ccccc1)(c1ccccc1)c1ccccc1.N#CC#N. The molecule has 116 valence electrons. The summed E-state index contributed by atoms with van der Waals surface area (Å²) in [6.07, 6.45) is 4.69. The standard InChI is InChI=1S/C19H17P.C2N2/c1-20(17-11-5-2-6-12-17,18-13-7-3-8-14-18)19-15-9-4-10-16-19;3-1-2-4/h2-16H,1H2;. The molecule has 3 aromatic rings. The summed E-state index contributed by atoms with van der Waals surface area (Å²) < 4.78 is 0. The number of hydrogen-bond donors (Lipinski definition) is 0. The lowest BCUT2D eigenvalue weighted by atomic mass is 10.4. The van der Waals surface area contributed by atoms with Crippen molar-refractivity contribution in [2.24, 2.45) is 0 Å². The van der Waals surface area contributed by atoms with Crippen LogP contribution in [-0.2, 0) is 0 Å². The average Bonchev–Trinajstić information content (AvgIpc) is 2.69. The Kier molecular flexibility index (Phi) is 6.16. The Morgan fingerprint density at radius 2 is 0.792 bits per heavy atom. The van der Waals surface area contributed by atoms with E-state index in [4.69, 9.17) is 16.8 Å². The quantitative estimate of drug-likeness (QED) is 0.692. The molecule has 0 spiro atoms. The minimum absolute atomic E-state index is 1.24. The molecular weight excluding hydrogens is 311 g/mol. The van der Waals surface area contributed by atoms with Crippen LogP contribution in [0.15, 0.2) is 91.0 Å². The van der Waals surface area contributed by atoms with E-state index in [9.17, 15) is 0 Å². The molecular formula is C21H17N2P. The second kappa shape index (κ2) is 8.54. The Hall–Kier alpha value is -3.06. The fourth-order valence-electron chi connectivity index (χ4n) is 2.49. The number of rotatable bonds is 3. The highest BCUT2D eigenvalue weighted by Gasteiger charge is 2.21. The zero-order valence-electron chi connectivity index (χ0n) is 13.2. The molecule has 3 heteroatoms. The third-order valence-electron chi connectivity index (χ3n) is 3.64. The maximum Gasteiger partial charge on any atom is 0.181 e. The molecule has 0 radical (unpaired) electrons. The van der Waals surface area contributed by atoms with Crippen molar-refractivity contribution < 1.29 is 0 Å². The normalized spacial score (nSPS) is 9.75. The van der Waals surface area contributed by atoms with E-state index < -0.39 is 6.89 Å². The van der Waals surface area contributed by atoms with Crippen LogP contribution >= 0.6 is 6.89 Å². The highest BCUT2D eigenvalue weighted by atomic mass is 31.2. The Bertz CT molecular complexity index is 774. The van der Waals surface area contributed by atoms with Crippen molar-refractivity contribution >= 4 is 29.1 Å². The summed E-state index contributed by atoms with van der Waals surface area (Å²) in [7, 11) is 0. The monoisotopic (exact) mass is 328 g/mol. The van der Waals surface area contributed by atoms with Crippen molar-refractivity contribution in [3.05, 3.63) is 91.0 Å². The Balaban J connectivity index is 0.000000471. The molecule has 2 nitrogen and oxygen atoms in total. The van der Waals surface area contributed by atoms with Crippen LogP contribution in [0.5, 0.6) is 0 Å². The highest BCUT2D eigenvalue weighted by molar-refractivity contribution is 7.93. The summed E-state index contributed by atoms with van der Waals surface area (Å²) in [4.78, 5) is 0. The molecule has 0 unspecified atom stereocenters. The second-order valence-corrected chi connectivity index (χ2v) is 8.21. The Morgan fingerprint density at radius 3 is 1.00 bits per heavy atom. The van der Waals surface area contributed by atoms with Crippen LogP contribution in [0.25, 0.3) is 0 Å². The minimum Gasteiger partial charge on any atom is -0.181 e. The zero-order valence-corrected chi connectivity index (χ0v) is 14.1. The molecule has 0 atom stereocenters. The molecule has 0 saturated carbocycles. The van der Waals surface area contributed by atoms with Crippen LogP contribution in [0.4, 0.5) is 0 Å². The van der Waals surface area contributed by atoms with Crippen molar-refractivity contribution in [3.63, 3.8) is 0 Å². The van der Waals surface area contributed by atoms with Crippen molar-refractivity contribution in [1.29, 1.82) is 10.5 Å². The van der Waals surface area contributed by atoms with Gasteiger partial charge in [0.15, 0.2) is 12.1 Å². The van der Waals surface area contributed by atoms with Gasteiger partial charge in [0.05, 0.1) is 0 Å². The lowest BCUT2D eigenvalue weighted by molar-refractivity contribution is 1.49. The molecule has 0 aliphatic carbocycles. The molecule has 0 bridgehead atoms. The van der Waals surface area contributed by atoms with Gasteiger partial charge in [0.1, 0.15) is 0 Å². The van der Waals surface area contributed by atoms with Crippen LogP contribution in [0.3, 0.4) is 0 Å². The number of nitrogens with zero attached hydrogens (tertiary/aromatic N) is 2. The van der Waals surface area contributed by atoms with Gasteiger partial charge in [0.2, 0.25) is 0 Å². The van der Waals surface area contributed by atoms with Crippen LogP contribution in [0.2, 0.25) is 0 Å². The van der Waals surface area contributed by atoms with Crippen LogP contribution in [0, 0.1) is 22.7 Å². The Labute approximate surface area is 143 Å². The first-order valence-electron chi connectivity index (χ1n) is 7.42. The van der Waals surface area contributed by atoms with E-state index in [1.165, 1.54) is 28.1 Å². The smallest absolute Gasteiger partial charge is 0.181 e. The minimum atomic E-state index is -1.78. The molecule has 0 aliphatic heterocycles. The van der Waals surface area contributed by atoms with E-state index in [0.29, 0.717) is 0 Å². The van der Waals surface area contributed by atoms with E-state index in [1.807, 2.05) is 0 Å². The van der Waals surface area contributed by atoms with E-state index in [0.717, 1.165) is 0 Å². The second-order valence-electron chi connectivity index (χ2n) is 5.04. The van der Waals surface area contributed by atoms with Gasteiger partial charge in [0, 0.05) is 0 Å². The van der Waals surface area contributed by atoms with Gasteiger partial charge >= 0.3 is 0 Å². The molecule has 0 aromatic heterocycles. The zero-order chi connectivity index (χ0) is 17.3. The number of benzene rings is 3. The first-order valence-corrected chi connectivity index (χ1v) is 9.39. The number of nitriles is 2. The van der Waals surface area contributed by atoms with Gasteiger partial charge in [-0.15, -0.1) is 0 Å². The fraction of sp³-hybridized carbons (Fsp3) is 0. The summed E-state index contributed by atoms with van der Waals surface area (Å²) >= 11 is 0. The van der Waals surface area contributed by atoms with Crippen molar-refractivity contribution in [2.45, 2.75) is 0 Å². The van der Waals surface area contributed by atoms with Crippen LogP contribution in [0.1, 0.15) is 0 Å². The summed E-state index contributed by atoms with van der Waals surface area (Å²) in [5.41, 5.74) is 0. The van der Waals surface area contributed by atoms with E-state index in [2.05, 4.69) is 91.0 Å². The lowest BCUT2D eigenvalue weighted by Crippen LogP contribution is -2.25. The third kappa shape index (κ3) is 3.82. The molecule has 24 heavy (non-hydrogen) atoms. The van der Waals surface area contributed by atoms with E-state index in [-0.39, 0.29) is 0 Å². The lowest BCUT2D eigenvalue weighted by Gasteiger charge is -2.26. The van der Waals surface area contributed by atoms with Gasteiger partial charge < -0.3 is 0 Å². The largest absolute Gasteiger partial charge is 0.181 e. The van der Waals surface area contributed by atoms with Crippen LogP contribution < -0.4 is 15.9 Å². The predicted octanol–water partition coefficient (Wildman–Crippen LogP) is 3.45. The third-order valence-corrected chi connectivity index (χ3v) is 7.18. The average molecular weight is 328 g/mol. The van der Waals surface area contributed by atoms with Crippen molar-refractivity contribution in [2.75, 3.05) is 0 Å². The molecule has 0 amide bonds. The first-order chi connectivity index (χ1) is 11.7. The topological polar surface area (TPSA) is 47.6 Å². The van der Waals surface area contributed by atoms with Gasteiger partial charge in [-0.1, -0.05) is 97.3 Å². The molecule has 0 aliphatic rings. The summed E-state index contributed by atoms with van der Waals surface area (Å²) in [6.45, 7) is -1.78. The molecule has 3 aromatic carbocycles. The molecule has 0 saturated heterocycles. The number of hydrogen-bond acceptors (Lipinski definition) is 2. The van der Waals surface area contributed by atoms with Gasteiger partial charge in [-0.2, -0.15) is 10.5 Å². The van der Waals surface area contributed by atoms with Gasteiger partial charge in [-0.25, -0.2) is 0 Å². The van der Waals surface area contributed by atoms with Crippen LogP contribution in [-0.4, -0.2) is 6.30 Å². The molecule has 0 fully saturated rings. The maximum absolute atomic E-state index is 7.26. The highest BCUT2D eigenvalue weighted by Crippen LogP contribution is 2.41. The summed E-state index contributed by atoms with van der Waals surface area (Å²) in [5, 5.41) is 18.5.